The van der Waals surface area contributed by atoms with E-state index in [2.05, 4.69) is 27.0 Å². The van der Waals surface area contributed by atoms with Crippen molar-refractivity contribution in [2.75, 3.05) is 39.3 Å². The fraction of sp³-hybridized carbons (Fsp3) is 0.333. The van der Waals surface area contributed by atoms with E-state index in [1.807, 2.05) is 31.2 Å². The van der Waals surface area contributed by atoms with Crippen LogP contribution in [0.4, 0.5) is 4.79 Å². The number of aromatic nitrogens is 1. The monoisotopic (exact) mass is 572 g/mol. The Balaban J connectivity index is 1.22. The molecule has 2 aromatic carbocycles. The Morgan fingerprint density at radius 3 is 2.31 bits per heavy atom. The van der Waals surface area contributed by atoms with E-state index in [9.17, 15) is 24.0 Å². The van der Waals surface area contributed by atoms with Gasteiger partial charge in [-0.3, -0.25) is 39.7 Å². The van der Waals surface area contributed by atoms with Gasteiger partial charge >= 0.3 is 6.03 Å². The molecule has 5 rings (SSSR count). The highest BCUT2D eigenvalue weighted by atomic mass is 16.5. The maximum absolute atomic E-state index is 13.1. The van der Waals surface area contributed by atoms with Crippen LogP contribution in [0.2, 0.25) is 0 Å². The summed E-state index contributed by atoms with van der Waals surface area (Å²) in [5.74, 6) is -1.67. The summed E-state index contributed by atoms with van der Waals surface area (Å²) in [5.41, 5.74) is 1.49. The van der Waals surface area contributed by atoms with Crippen molar-refractivity contribution in [3.63, 3.8) is 0 Å². The molecule has 0 spiro atoms. The van der Waals surface area contributed by atoms with Gasteiger partial charge in [0.1, 0.15) is 5.75 Å². The lowest BCUT2D eigenvalue weighted by Crippen LogP contribution is -2.78. The minimum atomic E-state index is -1.84. The quantitative estimate of drug-likeness (QED) is 0.341. The number of fused-ring (bicyclic) bond motifs is 1. The van der Waals surface area contributed by atoms with Crippen LogP contribution in [0.3, 0.4) is 0 Å². The number of ether oxygens (including phenoxy) is 1. The number of hydrogen-bond donors (Lipinski definition) is 3. The molecule has 12 heteroatoms. The van der Waals surface area contributed by atoms with Gasteiger partial charge in [-0.2, -0.15) is 0 Å². The van der Waals surface area contributed by atoms with E-state index in [0.717, 1.165) is 22.2 Å². The number of nitrogens with one attached hydrogen (secondary N) is 3. The number of aryl methyl sites for hydroxylation is 1. The number of rotatable bonds is 8. The minimum Gasteiger partial charge on any atom is -0.493 e. The zero-order chi connectivity index (χ0) is 29.9. The van der Waals surface area contributed by atoms with Crippen molar-refractivity contribution < 1.29 is 28.7 Å². The lowest BCUT2D eigenvalue weighted by Gasteiger charge is -2.46. The molecule has 0 aliphatic carbocycles. The number of carbonyl (C=O) groups is 5. The first-order valence-corrected chi connectivity index (χ1v) is 13.7. The Hall–Kier alpha value is -4.84. The second kappa shape index (κ2) is 12.0. The summed E-state index contributed by atoms with van der Waals surface area (Å²) in [7, 11) is 0. The van der Waals surface area contributed by atoms with Gasteiger partial charge in [0.15, 0.2) is 5.54 Å². The summed E-state index contributed by atoms with van der Waals surface area (Å²) in [5, 5.41) is 8.05. The topological polar surface area (TPSA) is 150 Å². The Morgan fingerprint density at radius 2 is 1.64 bits per heavy atom. The van der Waals surface area contributed by atoms with Crippen LogP contribution >= 0.6 is 0 Å². The number of para-hydroxylation sites is 1. The fourth-order valence-electron chi connectivity index (χ4n) is 5.40. The Labute approximate surface area is 242 Å². The second-order valence-electron chi connectivity index (χ2n) is 10.3. The third-order valence-electron chi connectivity index (χ3n) is 7.66. The van der Waals surface area contributed by atoms with Gasteiger partial charge in [-0.15, -0.1) is 0 Å². The summed E-state index contributed by atoms with van der Waals surface area (Å²) >= 11 is 0. The molecule has 12 nitrogen and oxygen atoms in total. The molecule has 218 valence electrons. The molecular weight excluding hydrogens is 540 g/mol. The predicted octanol–water partition coefficient (Wildman–Crippen LogP) is 1.16. The van der Waals surface area contributed by atoms with E-state index in [1.165, 1.54) is 6.92 Å². The fourth-order valence-corrected chi connectivity index (χ4v) is 5.40. The zero-order valence-corrected chi connectivity index (χ0v) is 23.4. The molecule has 3 aromatic rings. The molecular formula is C30H32N6O6. The minimum absolute atomic E-state index is 0.113. The standard InChI is InChI=1S/C30H32N6O6/c1-19-17-22(24-5-3-4-6-25(24)32-19)11-16-42-23-9-7-21(8-10-23)26(38)31-18-30(27(39)33-29(41)34-28(30)40)36-14-12-35(13-15-36)20(2)37/h3-10,17H,11-16,18H2,1-2H3,(H,31,38)(H2,33,34,39,40,41). The second-order valence-corrected chi connectivity index (χ2v) is 10.3. The Kier molecular flexibility index (Phi) is 8.16. The van der Waals surface area contributed by atoms with Gasteiger partial charge in [-0.05, 0) is 48.9 Å². The smallest absolute Gasteiger partial charge is 0.328 e. The summed E-state index contributed by atoms with van der Waals surface area (Å²) in [6.07, 6.45) is 0.682. The Morgan fingerprint density at radius 1 is 0.976 bits per heavy atom. The molecule has 3 heterocycles. The number of urea groups is 1. The molecule has 6 amide bonds. The van der Waals surface area contributed by atoms with Crippen molar-refractivity contribution in [2.45, 2.75) is 25.8 Å². The van der Waals surface area contributed by atoms with Crippen LogP contribution in [-0.2, 0) is 20.8 Å². The third kappa shape index (κ3) is 5.79. The van der Waals surface area contributed by atoms with Crippen molar-refractivity contribution in [3.8, 4) is 5.75 Å². The van der Waals surface area contributed by atoms with E-state index in [1.54, 1.807) is 34.1 Å². The summed E-state index contributed by atoms with van der Waals surface area (Å²) in [6, 6.07) is 15.7. The SMILES string of the molecule is CC(=O)N1CCN(C2(CNC(=O)c3ccc(OCCc4cc(C)nc5ccccc45)cc3)C(=O)NC(=O)NC2=O)CC1. The van der Waals surface area contributed by atoms with Crippen molar-refractivity contribution in [1.29, 1.82) is 0 Å². The van der Waals surface area contributed by atoms with Crippen molar-refractivity contribution in [2.24, 2.45) is 0 Å². The van der Waals surface area contributed by atoms with Gasteiger partial charge in [0, 0.05) is 56.2 Å². The molecule has 2 fully saturated rings. The Bertz CT molecular complexity index is 1530. The van der Waals surface area contributed by atoms with E-state index in [0.29, 0.717) is 37.4 Å². The van der Waals surface area contributed by atoms with E-state index < -0.39 is 29.3 Å². The maximum atomic E-state index is 13.1. The average molecular weight is 573 g/mol. The predicted molar refractivity (Wildman–Crippen MR) is 153 cm³/mol. The van der Waals surface area contributed by atoms with Crippen LogP contribution in [0.25, 0.3) is 10.9 Å². The first-order valence-electron chi connectivity index (χ1n) is 13.7. The lowest BCUT2D eigenvalue weighted by atomic mass is 9.91. The summed E-state index contributed by atoms with van der Waals surface area (Å²) < 4.78 is 5.92. The molecule has 1 aromatic heterocycles. The number of pyridine rings is 1. The van der Waals surface area contributed by atoms with E-state index >= 15 is 0 Å². The number of hydrogen-bond acceptors (Lipinski definition) is 8. The summed E-state index contributed by atoms with van der Waals surface area (Å²) in [6.45, 7) is 4.51. The molecule has 0 atom stereocenters. The molecule has 0 unspecified atom stereocenters. The number of piperazine rings is 1. The van der Waals surface area contributed by atoms with Crippen molar-refractivity contribution in [1.82, 2.24) is 30.7 Å². The number of benzene rings is 2. The largest absolute Gasteiger partial charge is 0.493 e. The van der Waals surface area contributed by atoms with Gasteiger partial charge < -0.3 is 15.0 Å². The highest BCUT2D eigenvalue weighted by Gasteiger charge is 2.55. The van der Waals surface area contributed by atoms with Crippen molar-refractivity contribution >= 4 is 40.6 Å². The van der Waals surface area contributed by atoms with Gasteiger partial charge in [-0.25, -0.2) is 4.79 Å². The third-order valence-corrected chi connectivity index (χ3v) is 7.66. The van der Waals surface area contributed by atoms with Gasteiger partial charge in [0.05, 0.1) is 18.7 Å². The first kappa shape index (κ1) is 28.7. The molecule has 0 saturated carbocycles. The molecule has 0 bridgehead atoms. The molecule has 2 saturated heterocycles. The van der Waals surface area contributed by atoms with E-state index in [4.69, 9.17) is 4.74 Å². The zero-order valence-electron chi connectivity index (χ0n) is 23.4. The average Bonchev–Trinajstić information content (AvgIpc) is 2.97. The first-order chi connectivity index (χ1) is 20.2. The molecule has 42 heavy (non-hydrogen) atoms. The van der Waals surface area contributed by atoms with Crippen LogP contribution in [-0.4, -0.2) is 89.3 Å². The maximum Gasteiger partial charge on any atom is 0.328 e. The van der Waals surface area contributed by atoms with Gasteiger partial charge in [0.25, 0.3) is 17.7 Å². The van der Waals surface area contributed by atoms with Crippen molar-refractivity contribution in [3.05, 3.63) is 71.4 Å². The number of imide groups is 2. The van der Waals surface area contributed by atoms with Gasteiger partial charge in [0.2, 0.25) is 5.91 Å². The number of carbonyl (C=O) groups excluding carboxylic acids is 5. The molecule has 2 aliphatic rings. The number of nitrogens with zero attached hydrogens (tertiary/aromatic N) is 3. The van der Waals surface area contributed by atoms with Crippen LogP contribution in [0.1, 0.15) is 28.5 Å². The summed E-state index contributed by atoms with van der Waals surface area (Å²) in [4.78, 5) is 70.4. The molecule has 0 radical (unpaired) electrons. The molecule has 3 N–H and O–H groups in total. The number of amides is 6. The van der Waals surface area contributed by atoms with Gasteiger partial charge in [-0.1, -0.05) is 18.2 Å². The molecule has 2 aliphatic heterocycles. The normalized spacial score (nSPS) is 17.0. The lowest BCUT2D eigenvalue weighted by molar-refractivity contribution is -0.149. The number of barbiturate groups is 1. The van der Waals surface area contributed by atoms with Crippen LogP contribution in [0.15, 0.2) is 54.6 Å². The van der Waals surface area contributed by atoms with E-state index in [-0.39, 0.29) is 25.5 Å². The van der Waals surface area contributed by atoms with Crippen LogP contribution in [0, 0.1) is 6.92 Å². The highest BCUT2D eigenvalue weighted by Crippen LogP contribution is 2.23. The van der Waals surface area contributed by atoms with Crippen LogP contribution in [0.5, 0.6) is 5.75 Å². The van der Waals surface area contributed by atoms with Crippen LogP contribution < -0.4 is 20.7 Å². The highest BCUT2D eigenvalue weighted by molar-refractivity contribution is 6.23.